The monoisotopic (exact) mass is 244 g/mol. The second kappa shape index (κ2) is 2.79. The zero-order valence-electron chi connectivity index (χ0n) is 6.40. The molecule has 1 aromatic carbocycles. The van der Waals surface area contributed by atoms with Crippen molar-refractivity contribution in [2.75, 3.05) is 0 Å². The van der Waals surface area contributed by atoms with Crippen LogP contribution < -0.4 is 0 Å². The minimum Gasteiger partial charge on any atom is -0.444 e. The summed E-state index contributed by atoms with van der Waals surface area (Å²) >= 11 is 9.13. The lowest BCUT2D eigenvalue weighted by Crippen LogP contribution is -1.72. The van der Waals surface area contributed by atoms with Crippen LogP contribution in [0.2, 0.25) is 5.22 Å². The Morgan fingerprint density at radius 3 is 2.83 bits per heavy atom. The predicted molar refractivity (Wildman–Crippen MR) is 53.7 cm³/mol. The van der Waals surface area contributed by atoms with Crippen molar-refractivity contribution in [3.63, 3.8) is 0 Å². The van der Waals surface area contributed by atoms with E-state index in [9.17, 15) is 0 Å². The van der Waals surface area contributed by atoms with E-state index in [1.807, 2.05) is 25.1 Å². The van der Waals surface area contributed by atoms with E-state index in [0.717, 1.165) is 15.4 Å². The molecule has 0 fully saturated rings. The molecule has 0 unspecified atom stereocenters. The van der Waals surface area contributed by atoms with Crippen molar-refractivity contribution in [2.45, 2.75) is 6.92 Å². The topological polar surface area (TPSA) is 13.1 Å². The Hall–Kier alpha value is -0.470. The molecule has 12 heavy (non-hydrogen) atoms. The number of aryl methyl sites for hydroxylation is 1. The van der Waals surface area contributed by atoms with Crippen LogP contribution in [0.15, 0.2) is 27.1 Å². The molecule has 0 saturated heterocycles. The van der Waals surface area contributed by atoms with Crippen LogP contribution in [-0.4, -0.2) is 0 Å². The first kappa shape index (κ1) is 8.14. The van der Waals surface area contributed by atoms with Gasteiger partial charge in [0.05, 0.1) is 4.47 Å². The Labute approximate surface area is 83.4 Å². The van der Waals surface area contributed by atoms with E-state index in [0.29, 0.717) is 5.22 Å². The molecule has 0 N–H and O–H groups in total. The summed E-state index contributed by atoms with van der Waals surface area (Å²) in [6.07, 6.45) is 0. The van der Waals surface area contributed by atoms with Crippen LogP contribution in [0, 0.1) is 6.92 Å². The summed E-state index contributed by atoms with van der Waals surface area (Å²) in [7, 11) is 0. The Balaban J connectivity index is 2.93. The Kier molecular flexibility index (Phi) is 1.89. The van der Waals surface area contributed by atoms with Crippen molar-refractivity contribution in [2.24, 2.45) is 0 Å². The van der Waals surface area contributed by atoms with Crippen LogP contribution in [0.3, 0.4) is 0 Å². The quantitative estimate of drug-likeness (QED) is 0.679. The van der Waals surface area contributed by atoms with Gasteiger partial charge in [-0.3, -0.25) is 0 Å². The van der Waals surface area contributed by atoms with Gasteiger partial charge < -0.3 is 4.42 Å². The molecule has 2 rings (SSSR count). The summed E-state index contributed by atoms with van der Waals surface area (Å²) in [6.45, 7) is 2.03. The minimum absolute atomic E-state index is 0.431. The van der Waals surface area contributed by atoms with Gasteiger partial charge in [-0.05, 0) is 46.1 Å². The second-order valence-corrected chi connectivity index (χ2v) is 3.88. The first-order chi connectivity index (χ1) is 5.68. The van der Waals surface area contributed by atoms with Gasteiger partial charge in [0.15, 0.2) is 10.8 Å². The average Bonchev–Trinajstić information content (AvgIpc) is 2.41. The van der Waals surface area contributed by atoms with Crippen molar-refractivity contribution in [3.8, 4) is 0 Å². The average molecular weight is 246 g/mol. The zero-order valence-corrected chi connectivity index (χ0v) is 8.74. The molecule has 0 radical (unpaired) electrons. The molecule has 0 bridgehead atoms. The minimum atomic E-state index is 0.431. The van der Waals surface area contributed by atoms with E-state index in [2.05, 4.69) is 15.9 Å². The standard InChI is InChI=1S/C9H6BrClO/c1-5-2-3-7(10)9-6(5)4-8(11)12-9/h2-4H,1H3. The molecule has 0 aliphatic carbocycles. The highest BCUT2D eigenvalue weighted by atomic mass is 79.9. The van der Waals surface area contributed by atoms with E-state index < -0.39 is 0 Å². The van der Waals surface area contributed by atoms with Gasteiger partial charge >= 0.3 is 0 Å². The van der Waals surface area contributed by atoms with Crippen LogP contribution in [-0.2, 0) is 0 Å². The summed E-state index contributed by atoms with van der Waals surface area (Å²) in [6, 6.07) is 5.81. The molecule has 1 aromatic heterocycles. The molecule has 1 nitrogen and oxygen atoms in total. The number of halogens is 2. The maximum atomic E-state index is 5.74. The highest BCUT2D eigenvalue weighted by Crippen LogP contribution is 2.31. The third-order valence-corrected chi connectivity index (χ3v) is 2.63. The molecule has 2 aromatic rings. The van der Waals surface area contributed by atoms with Crippen molar-refractivity contribution in [1.29, 1.82) is 0 Å². The molecule has 0 amide bonds. The van der Waals surface area contributed by atoms with Crippen molar-refractivity contribution in [1.82, 2.24) is 0 Å². The molecule has 62 valence electrons. The van der Waals surface area contributed by atoms with Gasteiger partial charge in [-0.15, -0.1) is 0 Å². The molecule has 0 spiro atoms. The van der Waals surface area contributed by atoms with Gasteiger partial charge in [0, 0.05) is 11.5 Å². The zero-order chi connectivity index (χ0) is 8.72. The predicted octanol–water partition coefficient (Wildman–Crippen LogP) is 4.16. The lowest BCUT2D eigenvalue weighted by atomic mass is 10.1. The maximum absolute atomic E-state index is 5.74. The van der Waals surface area contributed by atoms with Crippen LogP contribution >= 0.6 is 27.5 Å². The second-order valence-electron chi connectivity index (χ2n) is 2.66. The normalized spacial score (nSPS) is 10.9. The van der Waals surface area contributed by atoms with Gasteiger partial charge in [-0.25, -0.2) is 0 Å². The number of hydrogen-bond donors (Lipinski definition) is 0. The molecule has 0 aliphatic rings. The van der Waals surface area contributed by atoms with Crippen LogP contribution in [0.1, 0.15) is 5.56 Å². The number of rotatable bonds is 0. The van der Waals surface area contributed by atoms with Gasteiger partial charge in [0.25, 0.3) is 0 Å². The number of furan rings is 1. The van der Waals surface area contributed by atoms with Gasteiger partial charge in [0.1, 0.15) is 0 Å². The number of benzene rings is 1. The Morgan fingerprint density at radius 2 is 2.17 bits per heavy atom. The van der Waals surface area contributed by atoms with Gasteiger partial charge in [0.2, 0.25) is 0 Å². The van der Waals surface area contributed by atoms with E-state index in [4.69, 9.17) is 16.0 Å². The number of fused-ring (bicyclic) bond motifs is 1. The van der Waals surface area contributed by atoms with E-state index in [-0.39, 0.29) is 0 Å². The highest BCUT2D eigenvalue weighted by molar-refractivity contribution is 9.10. The first-order valence-electron chi connectivity index (χ1n) is 3.52. The van der Waals surface area contributed by atoms with Crippen LogP contribution in [0.4, 0.5) is 0 Å². The smallest absolute Gasteiger partial charge is 0.194 e. The lowest BCUT2D eigenvalue weighted by Gasteiger charge is -1.95. The molecule has 0 aliphatic heterocycles. The summed E-state index contributed by atoms with van der Waals surface area (Å²) < 4.78 is 6.24. The summed E-state index contributed by atoms with van der Waals surface area (Å²) in [5.41, 5.74) is 1.99. The number of hydrogen-bond acceptors (Lipinski definition) is 1. The third-order valence-electron chi connectivity index (χ3n) is 1.82. The van der Waals surface area contributed by atoms with Crippen molar-refractivity contribution < 1.29 is 4.42 Å². The Bertz CT molecular complexity index is 394. The van der Waals surface area contributed by atoms with Crippen molar-refractivity contribution in [3.05, 3.63) is 33.5 Å². The van der Waals surface area contributed by atoms with Crippen molar-refractivity contribution >= 4 is 38.5 Å². The fourth-order valence-corrected chi connectivity index (χ4v) is 1.81. The van der Waals surface area contributed by atoms with Gasteiger partial charge in [-0.2, -0.15) is 0 Å². The summed E-state index contributed by atoms with van der Waals surface area (Å²) in [5, 5.41) is 1.49. The van der Waals surface area contributed by atoms with E-state index >= 15 is 0 Å². The SMILES string of the molecule is Cc1ccc(Br)c2oc(Cl)cc12. The van der Waals surface area contributed by atoms with Crippen LogP contribution in [0.5, 0.6) is 0 Å². The molecule has 1 heterocycles. The molecule has 0 saturated carbocycles. The lowest BCUT2D eigenvalue weighted by molar-refractivity contribution is 0.616. The Morgan fingerprint density at radius 1 is 1.42 bits per heavy atom. The fraction of sp³-hybridized carbons (Fsp3) is 0.111. The third kappa shape index (κ3) is 1.15. The first-order valence-corrected chi connectivity index (χ1v) is 4.70. The largest absolute Gasteiger partial charge is 0.444 e. The maximum Gasteiger partial charge on any atom is 0.194 e. The molecular weight excluding hydrogens is 239 g/mol. The van der Waals surface area contributed by atoms with Crippen LogP contribution in [0.25, 0.3) is 11.0 Å². The molecule has 3 heteroatoms. The highest BCUT2D eigenvalue weighted by Gasteiger charge is 2.06. The van der Waals surface area contributed by atoms with E-state index in [1.54, 1.807) is 0 Å². The summed E-state index contributed by atoms with van der Waals surface area (Å²) in [5.74, 6) is 0. The summed E-state index contributed by atoms with van der Waals surface area (Å²) in [4.78, 5) is 0. The molecule has 0 atom stereocenters. The van der Waals surface area contributed by atoms with E-state index in [1.165, 1.54) is 5.56 Å². The fourth-order valence-electron chi connectivity index (χ4n) is 1.19. The van der Waals surface area contributed by atoms with Gasteiger partial charge in [-0.1, -0.05) is 6.07 Å². The molecular formula is C9H6BrClO.